The van der Waals surface area contributed by atoms with Crippen LogP contribution < -0.4 is 21.7 Å². The molecule has 2 aliphatic rings. The summed E-state index contributed by atoms with van der Waals surface area (Å²) < 4.78 is 0. The van der Waals surface area contributed by atoms with E-state index in [9.17, 15) is 24.0 Å². The number of unbranched alkanes of at least 4 members (excludes halogenated alkanes) is 2. The Kier molecular flexibility index (Phi) is 11.2. The van der Waals surface area contributed by atoms with E-state index in [0.29, 0.717) is 38.8 Å². The van der Waals surface area contributed by atoms with Crippen LogP contribution in [0.4, 0.5) is 4.79 Å². The highest BCUT2D eigenvalue weighted by Crippen LogP contribution is 2.51. The summed E-state index contributed by atoms with van der Waals surface area (Å²) in [5.74, 6) is -0.447. The van der Waals surface area contributed by atoms with E-state index in [0.717, 1.165) is 25.5 Å². The minimum atomic E-state index is -0.568. The molecular weight excluding hydrogens is 450 g/mol. The third kappa shape index (κ3) is 8.67. The van der Waals surface area contributed by atoms with Crippen molar-refractivity contribution in [2.75, 3.05) is 26.7 Å². The van der Waals surface area contributed by atoms with Crippen LogP contribution in [0.1, 0.15) is 58.8 Å². The van der Waals surface area contributed by atoms with Crippen molar-refractivity contribution in [3.8, 4) is 0 Å². The molecule has 35 heavy (non-hydrogen) atoms. The van der Waals surface area contributed by atoms with Crippen LogP contribution in [0.2, 0.25) is 0 Å². The number of urea groups is 1. The van der Waals surface area contributed by atoms with E-state index in [2.05, 4.69) is 22.0 Å². The summed E-state index contributed by atoms with van der Waals surface area (Å²) in [6, 6.07) is -0.642. The van der Waals surface area contributed by atoms with Crippen molar-refractivity contribution in [1.82, 2.24) is 20.9 Å². The Labute approximate surface area is 207 Å². The molecule has 0 radical (unpaired) electrons. The van der Waals surface area contributed by atoms with Crippen LogP contribution in [0.15, 0.2) is 11.6 Å². The van der Waals surface area contributed by atoms with E-state index >= 15 is 0 Å². The molecule has 0 heterocycles. The molecule has 5 N–H and O–H groups in total. The smallest absolute Gasteiger partial charge is 0.312 e. The first-order chi connectivity index (χ1) is 16.6. The quantitative estimate of drug-likeness (QED) is 0.154. The van der Waals surface area contributed by atoms with Gasteiger partial charge in [-0.25, -0.2) is 4.79 Å². The lowest BCUT2D eigenvalue weighted by Gasteiger charge is -2.29. The number of carbonyl (C=O) groups excluding carboxylic acids is 5. The maximum Gasteiger partial charge on any atom is 0.312 e. The predicted molar refractivity (Wildman–Crippen MR) is 132 cm³/mol. The fourth-order valence-electron chi connectivity index (χ4n) is 5.24. The van der Waals surface area contributed by atoms with Gasteiger partial charge in [0.15, 0.2) is 0 Å². The number of amides is 5. The van der Waals surface area contributed by atoms with Gasteiger partial charge in [0.2, 0.25) is 17.7 Å². The van der Waals surface area contributed by atoms with Gasteiger partial charge in [-0.2, -0.15) is 0 Å². The van der Waals surface area contributed by atoms with Gasteiger partial charge in [-0.3, -0.25) is 14.4 Å². The normalized spacial score (nSPS) is 23.2. The molecule has 5 atom stereocenters. The molecule has 10 heteroatoms. The number of nitrogens with one attached hydrogen (secondary N) is 3. The zero-order valence-electron chi connectivity index (χ0n) is 21.2. The van der Waals surface area contributed by atoms with Crippen molar-refractivity contribution < 1.29 is 24.0 Å². The number of nitrogens with zero attached hydrogens (tertiary/aromatic N) is 1. The molecule has 2 bridgehead atoms. The summed E-state index contributed by atoms with van der Waals surface area (Å²) in [4.78, 5) is 60.8. The van der Waals surface area contributed by atoms with Gasteiger partial charge in [0, 0.05) is 38.5 Å². The molecule has 10 nitrogen and oxygen atoms in total. The number of hydrogen-bond donors (Lipinski definition) is 4. The van der Waals surface area contributed by atoms with E-state index in [1.165, 1.54) is 5.57 Å². The maximum atomic E-state index is 12.9. The van der Waals surface area contributed by atoms with Crippen LogP contribution in [0.5, 0.6) is 0 Å². The number of hydrogen-bond acceptors (Lipinski definition) is 5. The Bertz CT molecular complexity index is 814. The molecule has 0 aromatic carbocycles. The van der Waals surface area contributed by atoms with E-state index in [-0.39, 0.29) is 54.0 Å². The summed E-state index contributed by atoms with van der Waals surface area (Å²) in [6.45, 7) is 4.88. The summed E-state index contributed by atoms with van der Waals surface area (Å²) in [6.07, 6.45) is 7.96. The van der Waals surface area contributed by atoms with E-state index < -0.39 is 6.03 Å². The Morgan fingerprint density at radius 2 is 1.89 bits per heavy atom. The number of aldehydes is 1. The van der Waals surface area contributed by atoms with Gasteiger partial charge in [0.1, 0.15) is 6.29 Å². The Morgan fingerprint density at radius 3 is 2.57 bits per heavy atom. The molecule has 0 aliphatic heterocycles. The van der Waals surface area contributed by atoms with E-state index in [1.54, 1.807) is 11.9 Å². The average Bonchev–Trinajstić information content (AvgIpc) is 3.36. The molecule has 1 saturated carbocycles. The highest BCUT2D eigenvalue weighted by atomic mass is 16.2. The third-order valence-corrected chi connectivity index (χ3v) is 7.11. The highest BCUT2D eigenvalue weighted by Gasteiger charge is 2.50. The number of rotatable bonds is 15. The number of allylic oxidation sites excluding steroid dienone is 2. The molecule has 0 aromatic heterocycles. The van der Waals surface area contributed by atoms with Crippen molar-refractivity contribution in [3.05, 3.63) is 11.6 Å². The predicted octanol–water partition coefficient (Wildman–Crippen LogP) is 1.10. The second-order valence-corrected chi connectivity index (χ2v) is 9.90. The number of nitrogens with two attached hydrogens (primary N) is 1. The van der Waals surface area contributed by atoms with Gasteiger partial charge in [-0.05, 0) is 57.8 Å². The standard InChI is InChI=1S/C25H41N5O5/c1-16-12-18-13-19(16)20(15-31)23(18)24(34)30(3)11-6-4-5-9-21(32)28-14-22(33)29-17(2)8-7-10-27-25(26)35/h12,15,17-20,23H,4-11,13-14H2,1-3H3,(H,28,32)(H,29,33)(H3,26,27,35). The second kappa shape index (κ2) is 13.8. The van der Waals surface area contributed by atoms with Gasteiger partial charge in [-0.1, -0.05) is 18.1 Å². The van der Waals surface area contributed by atoms with Crippen molar-refractivity contribution in [1.29, 1.82) is 0 Å². The molecule has 0 saturated heterocycles. The van der Waals surface area contributed by atoms with Crippen molar-refractivity contribution >= 4 is 30.0 Å². The molecule has 1 fully saturated rings. The zero-order chi connectivity index (χ0) is 26.0. The summed E-state index contributed by atoms with van der Waals surface area (Å²) in [5, 5.41) is 7.93. The Hall–Kier alpha value is -2.91. The Morgan fingerprint density at radius 1 is 1.14 bits per heavy atom. The number of fused-ring (bicyclic) bond motifs is 2. The fourth-order valence-corrected chi connectivity index (χ4v) is 5.24. The summed E-state index contributed by atoms with van der Waals surface area (Å²) in [5.41, 5.74) is 6.23. The van der Waals surface area contributed by atoms with Gasteiger partial charge in [0.25, 0.3) is 0 Å². The lowest BCUT2D eigenvalue weighted by atomic mass is 9.80. The molecule has 0 aromatic rings. The minimum absolute atomic E-state index is 0.0421. The van der Waals surface area contributed by atoms with Crippen LogP contribution in [0.3, 0.4) is 0 Å². The lowest BCUT2D eigenvalue weighted by molar-refractivity contribution is -0.138. The topological polar surface area (TPSA) is 151 Å². The molecule has 2 rings (SSSR count). The third-order valence-electron chi connectivity index (χ3n) is 7.11. The van der Waals surface area contributed by atoms with Gasteiger partial charge < -0.3 is 31.4 Å². The first-order valence-electron chi connectivity index (χ1n) is 12.6. The Balaban J connectivity index is 1.54. The summed E-state index contributed by atoms with van der Waals surface area (Å²) in [7, 11) is 1.79. The lowest BCUT2D eigenvalue weighted by Crippen LogP contribution is -2.41. The zero-order valence-corrected chi connectivity index (χ0v) is 21.2. The SMILES string of the molecule is CC1=CC2CC1C(C=O)C2C(=O)N(C)CCCCCC(=O)NCC(=O)NC(C)CCCNC(N)=O. The van der Waals surface area contributed by atoms with Gasteiger partial charge in [-0.15, -0.1) is 0 Å². The molecule has 5 unspecified atom stereocenters. The van der Waals surface area contributed by atoms with Crippen molar-refractivity contribution in [2.24, 2.45) is 29.4 Å². The van der Waals surface area contributed by atoms with Crippen molar-refractivity contribution in [3.63, 3.8) is 0 Å². The first-order valence-corrected chi connectivity index (χ1v) is 12.6. The van der Waals surface area contributed by atoms with E-state index in [4.69, 9.17) is 5.73 Å². The van der Waals surface area contributed by atoms with Crippen LogP contribution >= 0.6 is 0 Å². The molecule has 2 aliphatic carbocycles. The average molecular weight is 492 g/mol. The molecule has 0 spiro atoms. The van der Waals surface area contributed by atoms with E-state index in [1.807, 2.05) is 13.8 Å². The number of primary amides is 1. The van der Waals surface area contributed by atoms with Crippen LogP contribution in [-0.4, -0.2) is 67.7 Å². The second-order valence-electron chi connectivity index (χ2n) is 9.90. The highest BCUT2D eigenvalue weighted by molar-refractivity contribution is 5.85. The molecule has 5 amide bonds. The number of carbonyl (C=O) groups is 5. The fraction of sp³-hybridized carbons (Fsp3) is 0.720. The van der Waals surface area contributed by atoms with Crippen LogP contribution in [0, 0.1) is 23.7 Å². The van der Waals surface area contributed by atoms with Crippen LogP contribution in [-0.2, 0) is 19.2 Å². The van der Waals surface area contributed by atoms with Gasteiger partial charge in [0.05, 0.1) is 12.5 Å². The monoisotopic (exact) mass is 491 g/mol. The van der Waals surface area contributed by atoms with Gasteiger partial charge >= 0.3 is 6.03 Å². The summed E-state index contributed by atoms with van der Waals surface area (Å²) >= 11 is 0. The van der Waals surface area contributed by atoms with Crippen LogP contribution in [0.25, 0.3) is 0 Å². The largest absolute Gasteiger partial charge is 0.352 e. The minimum Gasteiger partial charge on any atom is -0.352 e. The van der Waals surface area contributed by atoms with Crippen molar-refractivity contribution in [2.45, 2.75) is 64.8 Å². The first kappa shape index (κ1) is 28.3. The molecular formula is C25H41N5O5. The molecule has 196 valence electrons. The maximum absolute atomic E-state index is 12.9.